The number of hydrogen-bond donors (Lipinski definition) is 1. The third kappa shape index (κ3) is 6.87. The van der Waals surface area contributed by atoms with E-state index in [4.69, 9.17) is 14.2 Å². The Morgan fingerprint density at radius 2 is 1.60 bits per heavy atom. The Bertz CT molecular complexity index is 1680. The van der Waals surface area contributed by atoms with Gasteiger partial charge in [0, 0.05) is 18.2 Å². The molecule has 0 radical (unpaired) electrons. The Hall–Kier alpha value is -4.90. The molecule has 0 atom stereocenters. The van der Waals surface area contributed by atoms with Crippen LogP contribution in [0.5, 0.6) is 23.0 Å². The average Bonchev–Trinajstić information content (AvgIpc) is 3.40. The number of para-hydroxylation sites is 1. The standard InChI is InChI=1S/C31H26F2N4O4S/c1-39-27-15-8-20(16-28(27)40-2)17-29-35-36-31(42-19-30(38)34-26-18-21(32)9-14-25(26)33)37(29)22-10-12-24(13-11-22)41-23-6-4-3-5-7-23/h3-16,18H,17,19H2,1-2H3,(H,34,38). The molecule has 0 spiro atoms. The number of benzene rings is 4. The monoisotopic (exact) mass is 588 g/mol. The number of nitrogens with zero attached hydrogens (tertiary/aromatic N) is 3. The fraction of sp³-hybridized carbons (Fsp3) is 0.129. The van der Waals surface area contributed by atoms with Crippen molar-refractivity contribution in [1.29, 1.82) is 0 Å². The number of aromatic nitrogens is 3. The highest BCUT2D eigenvalue weighted by Crippen LogP contribution is 2.31. The van der Waals surface area contributed by atoms with Gasteiger partial charge in [-0.15, -0.1) is 10.2 Å². The second-order valence-electron chi connectivity index (χ2n) is 8.97. The number of ether oxygens (including phenoxy) is 3. The molecule has 1 amide bonds. The minimum Gasteiger partial charge on any atom is -0.493 e. The van der Waals surface area contributed by atoms with Gasteiger partial charge in [-0.25, -0.2) is 8.78 Å². The number of rotatable bonds is 11. The van der Waals surface area contributed by atoms with E-state index in [0.717, 1.165) is 41.2 Å². The Labute approximate surface area is 245 Å². The van der Waals surface area contributed by atoms with Crippen LogP contribution in [0.4, 0.5) is 14.5 Å². The van der Waals surface area contributed by atoms with Crippen molar-refractivity contribution in [3.63, 3.8) is 0 Å². The van der Waals surface area contributed by atoms with Crippen molar-refractivity contribution in [2.75, 3.05) is 25.3 Å². The maximum atomic E-state index is 14.0. The molecule has 1 aromatic heterocycles. The molecule has 4 aromatic carbocycles. The number of halogens is 2. The molecule has 0 bridgehead atoms. The zero-order chi connectivity index (χ0) is 29.5. The zero-order valence-corrected chi connectivity index (χ0v) is 23.5. The molecular formula is C31H26F2N4O4S. The minimum absolute atomic E-state index is 0.111. The number of amides is 1. The molecular weight excluding hydrogens is 562 g/mol. The van der Waals surface area contributed by atoms with Crippen molar-refractivity contribution in [1.82, 2.24) is 14.8 Å². The van der Waals surface area contributed by atoms with Crippen LogP contribution < -0.4 is 19.5 Å². The Morgan fingerprint density at radius 1 is 0.857 bits per heavy atom. The van der Waals surface area contributed by atoms with Crippen LogP contribution in [0.2, 0.25) is 0 Å². The lowest BCUT2D eigenvalue weighted by Gasteiger charge is -2.13. The molecule has 0 fully saturated rings. The van der Waals surface area contributed by atoms with Crippen molar-refractivity contribution in [2.24, 2.45) is 0 Å². The van der Waals surface area contributed by atoms with Crippen LogP contribution in [-0.2, 0) is 11.2 Å². The number of nitrogens with one attached hydrogen (secondary N) is 1. The SMILES string of the molecule is COc1ccc(Cc2nnc(SCC(=O)Nc3cc(F)ccc3F)n2-c2ccc(Oc3ccccc3)cc2)cc1OC. The molecule has 0 unspecified atom stereocenters. The smallest absolute Gasteiger partial charge is 0.234 e. The summed E-state index contributed by atoms with van der Waals surface area (Å²) in [6, 6.07) is 25.3. The van der Waals surface area contributed by atoms with Crippen LogP contribution in [-0.4, -0.2) is 40.6 Å². The number of carbonyl (C=O) groups excluding carboxylic acids is 1. The number of hydrogen-bond acceptors (Lipinski definition) is 7. The average molecular weight is 589 g/mol. The van der Waals surface area contributed by atoms with E-state index in [1.807, 2.05) is 77.4 Å². The highest BCUT2D eigenvalue weighted by molar-refractivity contribution is 7.99. The third-order valence-corrected chi connectivity index (χ3v) is 7.05. The third-order valence-electron chi connectivity index (χ3n) is 6.12. The van der Waals surface area contributed by atoms with E-state index in [9.17, 15) is 13.6 Å². The molecule has 5 aromatic rings. The van der Waals surface area contributed by atoms with Crippen LogP contribution >= 0.6 is 11.8 Å². The van der Waals surface area contributed by atoms with Crippen LogP contribution in [0.3, 0.4) is 0 Å². The van der Waals surface area contributed by atoms with Gasteiger partial charge in [0.15, 0.2) is 16.7 Å². The minimum atomic E-state index is -0.729. The molecule has 8 nitrogen and oxygen atoms in total. The van der Waals surface area contributed by atoms with Crippen LogP contribution in [0.15, 0.2) is 96.2 Å². The summed E-state index contributed by atoms with van der Waals surface area (Å²) in [5.74, 6) is 1.13. The topological polar surface area (TPSA) is 87.5 Å². The van der Waals surface area contributed by atoms with Gasteiger partial charge >= 0.3 is 0 Å². The molecule has 42 heavy (non-hydrogen) atoms. The Morgan fingerprint density at radius 3 is 2.33 bits per heavy atom. The fourth-order valence-electron chi connectivity index (χ4n) is 4.14. The molecule has 0 aliphatic carbocycles. The molecule has 214 valence electrons. The molecule has 11 heteroatoms. The van der Waals surface area contributed by atoms with Gasteiger partial charge in [0.05, 0.1) is 25.7 Å². The van der Waals surface area contributed by atoms with Crippen molar-refractivity contribution in [3.05, 3.63) is 114 Å². The first-order valence-corrected chi connectivity index (χ1v) is 13.8. The van der Waals surface area contributed by atoms with Crippen LogP contribution in [0, 0.1) is 11.6 Å². The van der Waals surface area contributed by atoms with E-state index in [-0.39, 0.29) is 11.4 Å². The van der Waals surface area contributed by atoms with E-state index in [2.05, 4.69) is 15.5 Å². The first-order valence-electron chi connectivity index (χ1n) is 12.8. The van der Waals surface area contributed by atoms with Crippen LogP contribution in [0.25, 0.3) is 5.69 Å². The van der Waals surface area contributed by atoms with Crippen molar-refractivity contribution >= 4 is 23.4 Å². The van der Waals surface area contributed by atoms with E-state index in [1.165, 1.54) is 0 Å². The normalized spacial score (nSPS) is 10.8. The van der Waals surface area contributed by atoms with Gasteiger partial charge in [0.2, 0.25) is 5.91 Å². The van der Waals surface area contributed by atoms with Gasteiger partial charge in [0.25, 0.3) is 0 Å². The first-order chi connectivity index (χ1) is 20.4. The summed E-state index contributed by atoms with van der Waals surface area (Å²) < 4.78 is 46.1. The second-order valence-corrected chi connectivity index (χ2v) is 9.91. The van der Waals surface area contributed by atoms with E-state index < -0.39 is 17.5 Å². The Balaban J connectivity index is 1.40. The van der Waals surface area contributed by atoms with Gasteiger partial charge < -0.3 is 19.5 Å². The summed E-state index contributed by atoms with van der Waals surface area (Å²) in [6.07, 6.45) is 0.400. The lowest BCUT2D eigenvalue weighted by Crippen LogP contribution is -2.16. The van der Waals surface area contributed by atoms with Gasteiger partial charge in [-0.3, -0.25) is 9.36 Å². The predicted molar refractivity (Wildman–Crippen MR) is 156 cm³/mol. The van der Waals surface area contributed by atoms with Crippen LogP contribution in [0.1, 0.15) is 11.4 Å². The lowest BCUT2D eigenvalue weighted by molar-refractivity contribution is -0.113. The van der Waals surface area contributed by atoms with E-state index >= 15 is 0 Å². The number of anilines is 1. The molecule has 0 saturated heterocycles. The summed E-state index contributed by atoms with van der Waals surface area (Å²) >= 11 is 1.12. The van der Waals surface area contributed by atoms with E-state index in [1.54, 1.807) is 14.2 Å². The Kier molecular flexibility index (Phi) is 8.98. The maximum absolute atomic E-state index is 14.0. The maximum Gasteiger partial charge on any atom is 0.234 e. The number of carbonyl (C=O) groups is 1. The lowest BCUT2D eigenvalue weighted by atomic mass is 10.1. The summed E-state index contributed by atoms with van der Waals surface area (Å²) in [4.78, 5) is 12.6. The van der Waals surface area contributed by atoms with Crippen molar-refractivity contribution in [2.45, 2.75) is 11.6 Å². The molecule has 5 rings (SSSR count). The second kappa shape index (κ2) is 13.2. The summed E-state index contributed by atoms with van der Waals surface area (Å²) in [5, 5.41) is 11.6. The van der Waals surface area contributed by atoms with Gasteiger partial charge in [-0.05, 0) is 66.2 Å². The number of thioether (sulfide) groups is 1. The molecule has 0 aliphatic heterocycles. The predicted octanol–water partition coefficient (Wildman–Crippen LogP) is 6.68. The molecule has 0 aliphatic rings. The van der Waals surface area contributed by atoms with Gasteiger partial charge in [-0.2, -0.15) is 0 Å². The van der Waals surface area contributed by atoms with Gasteiger partial charge in [-0.1, -0.05) is 36.0 Å². The van der Waals surface area contributed by atoms with E-state index in [0.29, 0.717) is 40.4 Å². The summed E-state index contributed by atoms with van der Waals surface area (Å²) in [5.41, 5.74) is 1.42. The molecule has 1 N–H and O–H groups in total. The molecule has 0 saturated carbocycles. The highest BCUT2D eigenvalue weighted by atomic mass is 32.2. The zero-order valence-electron chi connectivity index (χ0n) is 22.7. The number of methoxy groups -OCH3 is 2. The molecule has 1 heterocycles. The first kappa shape index (κ1) is 28.6. The largest absolute Gasteiger partial charge is 0.493 e. The van der Waals surface area contributed by atoms with Crippen molar-refractivity contribution < 1.29 is 27.8 Å². The summed E-state index contributed by atoms with van der Waals surface area (Å²) in [7, 11) is 3.14. The highest BCUT2D eigenvalue weighted by Gasteiger charge is 2.18. The van der Waals surface area contributed by atoms with Crippen molar-refractivity contribution in [3.8, 4) is 28.7 Å². The van der Waals surface area contributed by atoms with Gasteiger partial charge in [0.1, 0.15) is 29.0 Å². The summed E-state index contributed by atoms with van der Waals surface area (Å²) in [6.45, 7) is 0. The quantitative estimate of drug-likeness (QED) is 0.172. The fourth-order valence-corrected chi connectivity index (χ4v) is 4.91.